The van der Waals surface area contributed by atoms with Crippen molar-refractivity contribution in [1.29, 1.82) is 0 Å². The van der Waals surface area contributed by atoms with Gasteiger partial charge in [-0.25, -0.2) is 0 Å². The Morgan fingerprint density at radius 3 is 2.89 bits per heavy atom. The summed E-state index contributed by atoms with van der Waals surface area (Å²) >= 11 is 0. The van der Waals surface area contributed by atoms with Crippen molar-refractivity contribution in [3.63, 3.8) is 0 Å². The van der Waals surface area contributed by atoms with Crippen molar-refractivity contribution >= 4 is 5.91 Å². The molecule has 3 unspecified atom stereocenters. The normalized spacial score (nSPS) is 35.6. The second-order valence-corrected chi connectivity index (χ2v) is 6.33. The summed E-state index contributed by atoms with van der Waals surface area (Å²) in [5.74, 6) is 0.703. The second-order valence-electron chi connectivity index (χ2n) is 6.33. The SMILES string of the molecule is CCCC1(C(=O)N2CCC(C)C2CO)CCCNC1. The van der Waals surface area contributed by atoms with E-state index in [1.165, 1.54) is 0 Å². The molecule has 2 saturated heterocycles. The number of aliphatic hydroxyl groups excluding tert-OH is 1. The van der Waals surface area contributed by atoms with Crippen LogP contribution in [0.4, 0.5) is 0 Å². The third-order valence-corrected chi connectivity index (χ3v) is 4.98. The Bertz CT molecular complexity index is 308. The van der Waals surface area contributed by atoms with Crippen LogP contribution in [0.15, 0.2) is 0 Å². The van der Waals surface area contributed by atoms with Crippen LogP contribution in [0.3, 0.4) is 0 Å². The number of nitrogens with zero attached hydrogens (tertiary/aromatic N) is 1. The molecule has 0 spiro atoms. The third-order valence-electron chi connectivity index (χ3n) is 4.98. The first-order valence-corrected chi connectivity index (χ1v) is 7.77. The molecule has 2 aliphatic heterocycles. The molecule has 2 heterocycles. The van der Waals surface area contributed by atoms with Crippen LogP contribution in [0.5, 0.6) is 0 Å². The highest BCUT2D eigenvalue weighted by molar-refractivity contribution is 5.83. The number of nitrogens with one attached hydrogen (secondary N) is 1. The molecule has 2 rings (SSSR count). The molecule has 0 bridgehead atoms. The van der Waals surface area contributed by atoms with Crippen LogP contribution in [0, 0.1) is 11.3 Å². The summed E-state index contributed by atoms with van der Waals surface area (Å²) < 4.78 is 0. The first-order chi connectivity index (χ1) is 9.14. The highest BCUT2D eigenvalue weighted by atomic mass is 16.3. The maximum Gasteiger partial charge on any atom is 0.230 e. The molecule has 1 amide bonds. The van der Waals surface area contributed by atoms with Gasteiger partial charge in [-0.05, 0) is 38.1 Å². The van der Waals surface area contributed by atoms with Crippen LogP contribution < -0.4 is 5.32 Å². The van der Waals surface area contributed by atoms with E-state index in [4.69, 9.17) is 0 Å². The summed E-state index contributed by atoms with van der Waals surface area (Å²) in [4.78, 5) is 15.0. The van der Waals surface area contributed by atoms with E-state index in [0.717, 1.165) is 51.7 Å². The van der Waals surface area contributed by atoms with E-state index < -0.39 is 0 Å². The first kappa shape index (κ1) is 14.8. The van der Waals surface area contributed by atoms with Crippen molar-refractivity contribution < 1.29 is 9.90 Å². The average molecular weight is 268 g/mol. The fourth-order valence-electron chi connectivity index (χ4n) is 3.79. The number of aliphatic hydroxyl groups is 1. The first-order valence-electron chi connectivity index (χ1n) is 7.77. The van der Waals surface area contributed by atoms with Crippen LogP contribution >= 0.6 is 0 Å². The molecule has 2 N–H and O–H groups in total. The van der Waals surface area contributed by atoms with Crippen LogP contribution in [0.1, 0.15) is 46.0 Å². The highest BCUT2D eigenvalue weighted by Crippen LogP contribution is 2.37. The van der Waals surface area contributed by atoms with Crippen molar-refractivity contribution in [1.82, 2.24) is 10.2 Å². The molecule has 2 fully saturated rings. The van der Waals surface area contributed by atoms with Crippen LogP contribution in [0.25, 0.3) is 0 Å². The lowest BCUT2D eigenvalue weighted by Crippen LogP contribution is -2.54. The van der Waals surface area contributed by atoms with Crippen LogP contribution in [-0.4, -0.2) is 48.2 Å². The van der Waals surface area contributed by atoms with E-state index in [0.29, 0.717) is 5.92 Å². The van der Waals surface area contributed by atoms with Crippen LogP contribution in [-0.2, 0) is 4.79 Å². The molecule has 3 atom stereocenters. The molecule has 0 aliphatic carbocycles. The third kappa shape index (κ3) is 2.79. The van der Waals surface area contributed by atoms with Gasteiger partial charge in [-0.1, -0.05) is 20.3 Å². The lowest BCUT2D eigenvalue weighted by molar-refractivity contribution is -0.146. The molecule has 110 valence electrons. The standard InChI is InChI=1S/C15H28N2O2/c1-3-6-15(7-4-8-16-11-15)14(19)17-9-5-12(2)13(17)10-18/h12-13,16,18H,3-11H2,1-2H3. The Labute approximate surface area is 116 Å². The Hall–Kier alpha value is -0.610. The topological polar surface area (TPSA) is 52.6 Å². The smallest absolute Gasteiger partial charge is 0.230 e. The van der Waals surface area contributed by atoms with Gasteiger partial charge in [0, 0.05) is 13.1 Å². The van der Waals surface area contributed by atoms with Crippen molar-refractivity contribution in [2.24, 2.45) is 11.3 Å². The molecule has 0 aromatic rings. The molecule has 19 heavy (non-hydrogen) atoms. The summed E-state index contributed by atoms with van der Waals surface area (Å²) in [5, 5.41) is 13.0. The van der Waals surface area contributed by atoms with Gasteiger partial charge in [-0.3, -0.25) is 4.79 Å². The maximum absolute atomic E-state index is 13.0. The quantitative estimate of drug-likeness (QED) is 0.810. The zero-order valence-electron chi connectivity index (χ0n) is 12.3. The number of hydrogen-bond acceptors (Lipinski definition) is 3. The number of rotatable bonds is 4. The lowest BCUT2D eigenvalue weighted by Gasteiger charge is -2.41. The Morgan fingerprint density at radius 1 is 1.53 bits per heavy atom. The molecule has 4 heteroatoms. The molecule has 0 aromatic heterocycles. The van der Waals surface area contributed by atoms with Gasteiger partial charge in [0.2, 0.25) is 5.91 Å². The van der Waals surface area contributed by atoms with E-state index in [1.54, 1.807) is 0 Å². The number of likely N-dealkylation sites (tertiary alicyclic amines) is 1. The lowest BCUT2D eigenvalue weighted by atomic mass is 9.75. The van der Waals surface area contributed by atoms with E-state index in [2.05, 4.69) is 19.2 Å². The molecule has 0 radical (unpaired) electrons. The number of piperidine rings is 1. The van der Waals surface area contributed by atoms with E-state index in [1.807, 2.05) is 4.90 Å². The van der Waals surface area contributed by atoms with Gasteiger partial charge in [-0.2, -0.15) is 0 Å². The Morgan fingerprint density at radius 2 is 2.32 bits per heavy atom. The van der Waals surface area contributed by atoms with E-state index in [9.17, 15) is 9.90 Å². The minimum Gasteiger partial charge on any atom is -0.394 e. The zero-order valence-corrected chi connectivity index (χ0v) is 12.3. The molecule has 4 nitrogen and oxygen atoms in total. The molecular formula is C15H28N2O2. The zero-order chi connectivity index (χ0) is 13.9. The van der Waals surface area contributed by atoms with Gasteiger partial charge in [0.1, 0.15) is 0 Å². The number of carbonyl (C=O) groups is 1. The van der Waals surface area contributed by atoms with Gasteiger partial charge >= 0.3 is 0 Å². The molecule has 2 aliphatic rings. The summed E-state index contributed by atoms with van der Waals surface area (Å²) in [6, 6.07) is 0.0307. The predicted molar refractivity (Wildman–Crippen MR) is 75.8 cm³/mol. The summed E-state index contributed by atoms with van der Waals surface area (Å²) in [5.41, 5.74) is -0.218. The monoisotopic (exact) mass is 268 g/mol. The summed E-state index contributed by atoms with van der Waals surface area (Å²) in [7, 11) is 0. The fraction of sp³-hybridized carbons (Fsp3) is 0.933. The summed E-state index contributed by atoms with van der Waals surface area (Å²) in [6.45, 7) is 7.04. The Kier molecular flexibility index (Phi) is 4.85. The van der Waals surface area contributed by atoms with Gasteiger partial charge in [0.15, 0.2) is 0 Å². The second kappa shape index (κ2) is 6.23. The highest BCUT2D eigenvalue weighted by Gasteiger charge is 2.45. The van der Waals surface area contributed by atoms with Crippen molar-refractivity contribution in [2.75, 3.05) is 26.2 Å². The predicted octanol–water partition coefficient (Wildman–Crippen LogP) is 1.39. The molecule has 0 aromatic carbocycles. The number of carbonyl (C=O) groups excluding carboxylic acids is 1. The van der Waals surface area contributed by atoms with Gasteiger partial charge < -0.3 is 15.3 Å². The summed E-state index contributed by atoms with van der Waals surface area (Å²) in [6.07, 6.45) is 5.10. The van der Waals surface area contributed by atoms with E-state index >= 15 is 0 Å². The van der Waals surface area contributed by atoms with Gasteiger partial charge in [0.05, 0.1) is 18.1 Å². The Balaban J connectivity index is 2.15. The average Bonchev–Trinajstić information content (AvgIpc) is 2.80. The minimum atomic E-state index is -0.218. The van der Waals surface area contributed by atoms with Crippen molar-refractivity contribution in [3.8, 4) is 0 Å². The van der Waals surface area contributed by atoms with Crippen molar-refractivity contribution in [3.05, 3.63) is 0 Å². The largest absolute Gasteiger partial charge is 0.394 e. The van der Waals surface area contributed by atoms with Gasteiger partial charge in [0.25, 0.3) is 0 Å². The van der Waals surface area contributed by atoms with Gasteiger partial charge in [-0.15, -0.1) is 0 Å². The van der Waals surface area contributed by atoms with Crippen LogP contribution in [0.2, 0.25) is 0 Å². The number of amides is 1. The van der Waals surface area contributed by atoms with E-state index in [-0.39, 0.29) is 24.0 Å². The maximum atomic E-state index is 13.0. The minimum absolute atomic E-state index is 0.0307. The number of hydrogen-bond donors (Lipinski definition) is 2. The fourth-order valence-corrected chi connectivity index (χ4v) is 3.79. The van der Waals surface area contributed by atoms with Crippen molar-refractivity contribution in [2.45, 2.75) is 52.0 Å². The molecular weight excluding hydrogens is 240 g/mol. The molecule has 0 saturated carbocycles.